The molecular weight excluding hydrogens is 463 g/mol. The Kier molecular flexibility index (Phi) is 8.61. The van der Waals surface area contributed by atoms with Crippen molar-refractivity contribution in [3.05, 3.63) is 59.4 Å². The maximum absolute atomic E-state index is 13.9. The van der Waals surface area contributed by atoms with Gasteiger partial charge in [-0.15, -0.1) is 0 Å². The zero-order chi connectivity index (χ0) is 24.6. The Labute approximate surface area is 210 Å². The molecular formula is C26H31FN6OS. The van der Waals surface area contributed by atoms with Crippen LogP contribution in [0.5, 0.6) is 0 Å². The van der Waals surface area contributed by atoms with Crippen molar-refractivity contribution in [1.29, 1.82) is 5.26 Å². The second-order valence-corrected chi connectivity index (χ2v) is 9.90. The number of piperidine rings is 1. The van der Waals surface area contributed by atoms with Gasteiger partial charge in [-0.2, -0.15) is 5.26 Å². The molecule has 2 fully saturated rings. The lowest BCUT2D eigenvalue weighted by atomic mass is 9.99. The van der Waals surface area contributed by atoms with Crippen molar-refractivity contribution in [2.24, 2.45) is 10.9 Å². The van der Waals surface area contributed by atoms with Crippen molar-refractivity contribution in [3.63, 3.8) is 0 Å². The van der Waals surface area contributed by atoms with E-state index in [0.29, 0.717) is 12.2 Å². The summed E-state index contributed by atoms with van der Waals surface area (Å²) in [5.74, 6) is -0.0948. The molecule has 3 N–H and O–H groups in total. The Morgan fingerprint density at radius 2 is 1.97 bits per heavy atom. The molecule has 0 aromatic heterocycles. The third kappa shape index (κ3) is 6.74. The molecule has 0 bridgehead atoms. The number of hydrogen-bond acceptors (Lipinski definition) is 5. The fourth-order valence-electron chi connectivity index (χ4n) is 4.37. The predicted molar refractivity (Wildman–Crippen MR) is 140 cm³/mol. The fourth-order valence-corrected chi connectivity index (χ4v) is 5.43. The number of nitriles is 1. The van der Waals surface area contributed by atoms with Gasteiger partial charge in [-0.3, -0.25) is 4.99 Å². The van der Waals surface area contributed by atoms with E-state index in [0.717, 1.165) is 29.9 Å². The van der Waals surface area contributed by atoms with E-state index in [1.54, 1.807) is 24.3 Å². The average molecular weight is 495 g/mol. The van der Waals surface area contributed by atoms with E-state index in [1.165, 1.54) is 50.4 Å². The van der Waals surface area contributed by atoms with Gasteiger partial charge in [0.25, 0.3) is 0 Å². The summed E-state index contributed by atoms with van der Waals surface area (Å²) in [4.78, 5) is 19.5. The van der Waals surface area contributed by atoms with Crippen LogP contribution in [0.4, 0.5) is 20.6 Å². The molecule has 2 unspecified atom stereocenters. The topological polar surface area (TPSA) is 92.6 Å². The number of anilines is 2. The summed E-state index contributed by atoms with van der Waals surface area (Å²) in [6, 6.07) is 13.8. The number of amides is 2. The lowest BCUT2D eigenvalue weighted by Crippen LogP contribution is -2.31. The van der Waals surface area contributed by atoms with Crippen LogP contribution >= 0.6 is 11.9 Å². The van der Waals surface area contributed by atoms with Crippen LogP contribution in [-0.2, 0) is 0 Å². The first-order valence-corrected chi connectivity index (χ1v) is 12.9. The van der Waals surface area contributed by atoms with Gasteiger partial charge in [0.05, 0.1) is 17.0 Å². The Morgan fingerprint density at radius 1 is 1.20 bits per heavy atom. The van der Waals surface area contributed by atoms with Crippen molar-refractivity contribution in [2.75, 3.05) is 36.8 Å². The van der Waals surface area contributed by atoms with Crippen molar-refractivity contribution in [3.8, 4) is 6.07 Å². The molecule has 2 atom stereocenters. The highest BCUT2D eigenvalue weighted by Crippen LogP contribution is 2.40. The lowest BCUT2D eigenvalue weighted by molar-refractivity contribution is 0.228. The average Bonchev–Trinajstić information content (AvgIpc) is 3.28. The number of likely N-dealkylation sites (tertiary alicyclic amines) is 1. The number of urea groups is 1. The number of amidine groups is 1. The minimum Gasteiger partial charge on any atom is -0.317 e. The smallest absolute Gasteiger partial charge is 0.317 e. The van der Waals surface area contributed by atoms with Crippen molar-refractivity contribution < 1.29 is 9.18 Å². The monoisotopic (exact) mass is 494 g/mol. The minimum atomic E-state index is -0.520. The number of nitrogens with zero attached hydrogens (tertiary/aromatic N) is 3. The van der Waals surface area contributed by atoms with Crippen LogP contribution < -0.4 is 15.4 Å². The summed E-state index contributed by atoms with van der Waals surface area (Å²) in [6.07, 6.45) is 4.90. The number of carbonyl (C=O) groups excluding carboxylic acids is 1. The van der Waals surface area contributed by atoms with Crippen LogP contribution in [0.2, 0.25) is 0 Å². The normalized spacial score (nSPS) is 21.3. The first kappa shape index (κ1) is 25.0. The molecule has 35 heavy (non-hydrogen) atoms. The Bertz CT molecular complexity index is 1090. The van der Waals surface area contributed by atoms with Gasteiger partial charge < -0.3 is 20.3 Å². The number of hydrogen-bond donors (Lipinski definition) is 3. The standard InChI is InChI=1S/C26H31FN6OS/c1-18-6-11-22(27)23(16-18)31-26(34)30-20-9-7-19(8-10-20)24-21(17-28)25(32-35-24)29-12-5-15-33-13-3-2-4-14-33/h6-11,16,21,24H,2-5,12-15H2,1H3,(H,29,32)(H2,30,31,34). The zero-order valence-corrected chi connectivity index (χ0v) is 20.7. The number of halogens is 1. The van der Waals surface area contributed by atoms with Gasteiger partial charge in [-0.1, -0.05) is 24.6 Å². The summed E-state index contributed by atoms with van der Waals surface area (Å²) in [5, 5.41) is 15.0. The van der Waals surface area contributed by atoms with E-state index in [-0.39, 0.29) is 16.9 Å². The van der Waals surface area contributed by atoms with E-state index >= 15 is 0 Å². The van der Waals surface area contributed by atoms with E-state index < -0.39 is 11.8 Å². The van der Waals surface area contributed by atoms with Gasteiger partial charge in [-0.25, -0.2) is 9.18 Å². The molecule has 2 aliphatic heterocycles. The van der Waals surface area contributed by atoms with Gasteiger partial charge in [0.1, 0.15) is 17.6 Å². The highest BCUT2D eigenvalue weighted by Gasteiger charge is 2.35. The van der Waals surface area contributed by atoms with E-state index in [2.05, 4.69) is 31.3 Å². The molecule has 2 aromatic carbocycles. The second-order valence-electron chi connectivity index (χ2n) is 8.95. The molecule has 2 aliphatic rings. The maximum Gasteiger partial charge on any atom is 0.323 e. The molecule has 0 aliphatic carbocycles. The number of aryl methyl sites for hydroxylation is 1. The van der Waals surface area contributed by atoms with Crippen molar-refractivity contribution in [1.82, 2.24) is 9.62 Å². The molecule has 2 amide bonds. The Hall–Kier alpha value is -3.09. The summed E-state index contributed by atoms with van der Waals surface area (Å²) in [5.41, 5.74) is 2.54. The summed E-state index contributed by atoms with van der Waals surface area (Å²) in [7, 11) is 0. The van der Waals surface area contributed by atoms with Gasteiger partial charge in [0, 0.05) is 12.2 Å². The molecule has 2 heterocycles. The Morgan fingerprint density at radius 3 is 2.71 bits per heavy atom. The molecule has 0 radical (unpaired) electrons. The predicted octanol–water partition coefficient (Wildman–Crippen LogP) is 5.48. The molecule has 2 saturated heterocycles. The third-order valence-corrected chi connectivity index (χ3v) is 7.38. The van der Waals surface area contributed by atoms with Crippen molar-refractivity contribution >= 4 is 35.2 Å². The SMILES string of the molecule is Cc1ccc(F)c(NC(=O)Nc2ccc(C3SNC(=NCCCN4CCCCC4)C3C#N)cc2)c1. The third-order valence-electron chi connectivity index (χ3n) is 6.26. The van der Waals surface area contributed by atoms with Crippen molar-refractivity contribution in [2.45, 2.75) is 37.9 Å². The molecule has 0 saturated carbocycles. The highest BCUT2D eigenvalue weighted by molar-refractivity contribution is 7.98. The van der Waals surface area contributed by atoms with Crippen LogP contribution in [0.1, 0.15) is 42.1 Å². The molecule has 9 heteroatoms. The molecule has 4 rings (SSSR count). The van der Waals surface area contributed by atoms with E-state index in [9.17, 15) is 14.4 Å². The van der Waals surface area contributed by atoms with Gasteiger partial charge in [0.2, 0.25) is 0 Å². The molecule has 184 valence electrons. The fraction of sp³-hybridized carbons (Fsp3) is 0.423. The van der Waals surface area contributed by atoms with Crippen LogP contribution in [0.15, 0.2) is 47.5 Å². The maximum atomic E-state index is 13.9. The first-order chi connectivity index (χ1) is 17.0. The number of nitrogens with one attached hydrogen (secondary N) is 3. The number of rotatable bonds is 7. The quantitative estimate of drug-likeness (QED) is 0.350. The van der Waals surface area contributed by atoms with Gasteiger partial charge in [0.15, 0.2) is 0 Å². The largest absolute Gasteiger partial charge is 0.323 e. The van der Waals surface area contributed by atoms with Gasteiger partial charge >= 0.3 is 6.03 Å². The molecule has 7 nitrogen and oxygen atoms in total. The van der Waals surface area contributed by atoms with Crippen LogP contribution in [-0.4, -0.2) is 42.9 Å². The minimum absolute atomic E-state index is 0.0786. The molecule has 2 aromatic rings. The first-order valence-electron chi connectivity index (χ1n) is 12.1. The summed E-state index contributed by atoms with van der Waals surface area (Å²) < 4.78 is 17.1. The van der Waals surface area contributed by atoms with Crippen LogP contribution in [0.3, 0.4) is 0 Å². The highest BCUT2D eigenvalue weighted by atomic mass is 32.2. The van der Waals surface area contributed by atoms with Crippen LogP contribution in [0, 0.1) is 30.0 Å². The Balaban J connectivity index is 1.30. The van der Waals surface area contributed by atoms with E-state index in [4.69, 9.17) is 0 Å². The molecule has 0 spiro atoms. The number of benzene rings is 2. The number of carbonyl (C=O) groups is 1. The second kappa shape index (κ2) is 12.0. The lowest BCUT2D eigenvalue weighted by Gasteiger charge is -2.25. The van der Waals surface area contributed by atoms with Crippen LogP contribution in [0.25, 0.3) is 0 Å². The summed E-state index contributed by atoms with van der Waals surface area (Å²) >= 11 is 1.49. The zero-order valence-electron chi connectivity index (χ0n) is 19.9. The van der Waals surface area contributed by atoms with Gasteiger partial charge in [-0.05, 0) is 93.2 Å². The summed E-state index contributed by atoms with van der Waals surface area (Å²) in [6.45, 7) is 5.97. The van der Waals surface area contributed by atoms with E-state index in [1.807, 2.05) is 19.1 Å². The number of aliphatic imine (C=N–C) groups is 1.